The maximum atomic E-state index is 12.5. The molecule has 0 aromatic rings. The standard InChI is InChI=1S/C18H35N3O4/c1-7-11(4)15(19)17(24)21-16(13(6)23)18(25)20-14(8-10(2)3)9-12(5)22/h10-11,13-16,23H,7-9,19H2,1-6H3,(H,20,25)(H,21,24)/t11-,13+,14?,15-,16-/m0/s1. The highest BCUT2D eigenvalue weighted by Crippen LogP contribution is 2.10. The highest BCUT2D eigenvalue weighted by atomic mass is 16.3. The van der Waals surface area contributed by atoms with Gasteiger partial charge >= 0.3 is 0 Å². The number of nitrogens with two attached hydrogens (primary N) is 1. The molecule has 0 heterocycles. The summed E-state index contributed by atoms with van der Waals surface area (Å²) < 4.78 is 0. The third kappa shape index (κ3) is 8.97. The van der Waals surface area contributed by atoms with Crippen LogP contribution < -0.4 is 16.4 Å². The van der Waals surface area contributed by atoms with E-state index in [1.165, 1.54) is 13.8 Å². The molecule has 7 heteroatoms. The molecule has 0 aliphatic carbocycles. The van der Waals surface area contributed by atoms with Crippen LogP contribution in [0.3, 0.4) is 0 Å². The van der Waals surface area contributed by atoms with E-state index in [1.807, 2.05) is 27.7 Å². The van der Waals surface area contributed by atoms with Crippen molar-refractivity contribution in [1.29, 1.82) is 0 Å². The number of ketones is 1. The lowest BCUT2D eigenvalue weighted by Crippen LogP contribution is -2.58. The summed E-state index contributed by atoms with van der Waals surface area (Å²) in [7, 11) is 0. The molecule has 0 rings (SSSR count). The van der Waals surface area contributed by atoms with Gasteiger partial charge in [0.2, 0.25) is 11.8 Å². The van der Waals surface area contributed by atoms with Crippen molar-refractivity contribution in [1.82, 2.24) is 10.6 Å². The van der Waals surface area contributed by atoms with Crippen molar-refractivity contribution < 1.29 is 19.5 Å². The number of Topliss-reactive ketones (excluding diaryl/α,β-unsaturated/α-hetero) is 1. The third-order valence-corrected chi connectivity index (χ3v) is 4.26. The Kier molecular flexibility index (Phi) is 10.5. The Morgan fingerprint density at radius 2 is 1.60 bits per heavy atom. The van der Waals surface area contributed by atoms with E-state index in [2.05, 4.69) is 10.6 Å². The van der Waals surface area contributed by atoms with E-state index in [9.17, 15) is 19.5 Å². The number of hydrogen-bond acceptors (Lipinski definition) is 5. The Labute approximate surface area is 151 Å². The van der Waals surface area contributed by atoms with Gasteiger partial charge in [0.05, 0.1) is 12.1 Å². The minimum atomic E-state index is -1.11. The van der Waals surface area contributed by atoms with E-state index in [0.717, 1.165) is 6.42 Å². The molecule has 0 saturated carbocycles. The molecule has 0 bridgehead atoms. The molecule has 146 valence electrons. The van der Waals surface area contributed by atoms with Gasteiger partial charge in [-0.2, -0.15) is 0 Å². The lowest BCUT2D eigenvalue weighted by atomic mass is 9.97. The van der Waals surface area contributed by atoms with Gasteiger partial charge in [0.25, 0.3) is 0 Å². The van der Waals surface area contributed by atoms with Crippen LogP contribution in [0.4, 0.5) is 0 Å². The Hall–Kier alpha value is -1.47. The molecule has 0 aromatic carbocycles. The van der Waals surface area contributed by atoms with Crippen LogP contribution >= 0.6 is 0 Å². The average Bonchev–Trinajstić information content (AvgIpc) is 2.48. The van der Waals surface area contributed by atoms with Gasteiger partial charge in [-0.05, 0) is 32.1 Å². The first-order chi connectivity index (χ1) is 11.5. The molecule has 1 unspecified atom stereocenters. The topological polar surface area (TPSA) is 122 Å². The second kappa shape index (κ2) is 11.2. The quantitative estimate of drug-likeness (QED) is 0.434. The summed E-state index contributed by atoms with van der Waals surface area (Å²) in [5.41, 5.74) is 5.88. The fraction of sp³-hybridized carbons (Fsp3) is 0.833. The zero-order valence-corrected chi connectivity index (χ0v) is 16.3. The predicted octanol–water partition coefficient (Wildman–Crippen LogP) is 0.735. The summed E-state index contributed by atoms with van der Waals surface area (Å²) in [5, 5.41) is 15.2. The minimum absolute atomic E-state index is 0.0256. The lowest BCUT2D eigenvalue weighted by molar-refractivity contribution is -0.133. The second-order valence-corrected chi connectivity index (χ2v) is 7.38. The maximum Gasteiger partial charge on any atom is 0.245 e. The first kappa shape index (κ1) is 23.5. The summed E-state index contributed by atoms with van der Waals surface area (Å²) in [6.45, 7) is 10.7. The lowest BCUT2D eigenvalue weighted by Gasteiger charge is -2.27. The van der Waals surface area contributed by atoms with Crippen LogP contribution in [-0.2, 0) is 14.4 Å². The van der Waals surface area contributed by atoms with Gasteiger partial charge in [-0.3, -0.25) is 14.4 Å². The molecule has 7 nitrogen and oxygen atoms in total. The van der Waals surface area contributed by atoms with Gasteiger partial charge in [-0.1, -0.05) is 34.1 Å². The molecule has 5 atom stereocenters. The van der Waals surface area contributed by atoms with Crippen LogP contribution in [0, 0.1) is 11.8 Å². The average molecular weight is 357 g/mol. The number of amides is 2. The van der Waals surface area contributed by atoms with E-state index in [-0.39, 0.29) is 24.2 Å². The van der Waals surface area contributed by atoms with Gasteiger partial charge in [0.1, 0.15) is 11.8 Å². The van der Waals surface area contributed by atoms with Crippen molar-refractivity contribution in [3.63, 3.8) is 0 Å². The van der Waals surface area contributed by atoms with E-state index in [0.29, 0.717) is 12.3 Å². The highest BCUT2D eigenvalue weighted by molar-refractivity contribution is 5.90. The number of carbonyl (C=O) groups excluding carboxylic acids is 3. The van der Waals surface area contributed by atoms with Crippen molar-refractivity contribution in [2.24, 2.45) is 17.6 Å². The molecule has 0 aromatic heterocycles. The zero-order chi connectivity index (χ0) is 19.7. The van der Waals surface area contributed by atoms with Crippen molar-refractivity contribution in [3.05, 3.63) is 0 Å². The summed E-state index contributed by atoms with van der Waals surface area (Å²) in [4.78, 5) is 36.1. The van der Waals surface area contributed by atoms with Crippen molar-refractivity contribution in [2.45, 2.75) is 85.0 Å². The number of nitrogens with one attached hydrogen (secondary N) is 2. The van der Waals surface area contributed by atoms with Crippen LogP contribution in [0.15, 0.2) is 0 Å². The van der Waals surface area contributed by atoms with E-state index in [1.54, 1.807) is 0 Å². The van der Waals surface area contributed by atoms with Crippen molar-refractivity contribution in [3.8, 4) is 0 Å². The molecule has 0 spiro atoms. The Morgan fingerprint density at radius 3 is 2.00 bits per heavy atom. The number of aliphatic hydroxyl groups excluding tert-OH is 1. The first-order valence-electron chi connectivity index (χ1n) is 9.03. The van der Waals surface area contributed by atoms with Crippen LogP contribution in [0.25, 0.3) is 0 Å². The molecule has 0 radical (unpaired) electrons. The molecule has 0 saturated heterocycles. The SMILES string of the molecule is CC[C@H](C)[C@H](N)C(=O)N[C@H](C(=O)NC(CC(C)=O)CC(C)C)[C@@H](C)O. The van der Waals surface area contributed by atoms with Crippen molar-refractivity contribution in [2.75, 3.05) is 0 Å². The smallest absolute Gasteiger partial charge is 0.245 e. The molecule has 0 fully saturated rings. The van der Waals surface area contributed by atoms with Gasteiger partial charge < -0.3 is 21.5 Å². The van der Waals surface area contributed by atoms with Crippen molar-refractivity contribution >= 4 is 17.6 Å². The summed E-state index contributed by atoms with van der Waals surface area (Å²) in [6.07, 6.45) is 0.509. The molecule has 25 heavy (non-hydrogen) atoms. The molecule has 5 N–H and O–H groups in total. The monoisotopic (exact) mass is 357 g/mol. The fourth-order valence-electron chi connectivity index (χ4n) is 2.57. The number of aliphatic hydroxyl groups is 1. The third-order valence-electron chi connectivity index (χ3n) is 4.26. The molecular weight excluding hydrogens is 322 g/mol. The minimum Gasteiger partial charge on any atom is -0.391 e. The molecular formula is C18H35N3O4. The normalized spacial score (nSPS) is 17.3. The van der Waals surface area contributed by atoms with E-state index >= 15 is 0 Å². The van der Waals surface area contributed by atoms with E-state index < -0.39 is 30.0 Å². The number of hydrogen-bond donors (Lipinski definition) is 4. The number of carbonyl (C=O) groups is 3. The number of rotatable bonds is 11. The largest absolute Gasteiger partial charge is 0.391 e. The maximum absolute atomic E-state index is 12.5. The molecule has 2 amide bonds. The second-order valence-electron chi connectivity index (χ2n) is 7.38. The van der Waals surface area contributed by atoms with Gasteiger partial charge in [0.15, 0.2) is 0 Å². The van der Waals surface area contributed by atoms with Crippen LogP contribution in [0.2, 0.25) is 0 Å². The Morgan fingerprint density at radius 1 is 1.04 bits per heavy atom. The predicted molar refractivity (Wildman–Crippen MR) is 97.7 cm³/mol. The Balaban J connectivity index is 5.02. The Bertz CT molecular complexity index is 452. The van der Waals surface area contributed by atoms with Crippen LogP contribution in [0.5, 0.6) is 0 Å². The van der Waals surface area contributed by atoms with Gasteiger partial charge in [-0.15, -0.1) is 0 Å². The highest BCUT2D eigenvalue weighted by Gasteiger charge is 2.30. The van der Waals surface area contributed by atoms with Gasteiger partial charge in [-0.25, -0.2) is 0 Å². The first-order valence-corrected chi connectivity index (χ1v) is 9.03. The summed E-state index contributed by atoms with van der Waals surface area (Å²) in [5.74, 6) is -0.747. The van der Waals surface area contributed by atoms with E-state index in [4.69, 9.17) is 5.73 Å². The van der Waals surface area contributed by atoms with Gasteiger partial charge in [0, 0.05) is 12.5 Å². The summed E-state index contributed by atoms with van der Waals surface area (Å²) >= 11 is 0. The zero-order valence-electron chi connectivity index (χ0n) is 16.3. The summed E-state index contributed by atoms with van der Waals surface area (Å²) in [6, 6.07) is -2.18. The van der Waals surface area contributed by atoms with Crippen LogP contribution in [0.1, 0.15) is 60.8 Å². The van der Waals surface area contributed by atoms with Crippen LogP contribution in [-0.4, -0.2) is 46.9 Å². The molecule has 0 aliphatic rings. The fourth-order valence-corrected chi connectivity index (χ4v) is 2.57. The molecule has 0 aliphatic heterocycles.